The molecular formula is C34H55N5O4. The molecule has 0 radical (unpaired) electrons. The number of hydrogen-bond acceptors (Lipinski definition) is 7. The van der Waals surface area contributed by atoms with E-state index >= 15 is 0 Å². The first-order valence-electron chi connectivity index (χ1n) is 17.1. The molecule has 2 amide bonds. The van der Waals surface area contributed by atoms with Crippen LogP contribution in [0.1, 0.15) is 120 Å². The molecule has 4 aliphatic rings. The van der Waals surface area contributed by atoms with Crippen LogP contribution in [0.15, 0.2) is 6.33 Å². The minimum Gasteiger partial charge on any atom is -0.443 e. The van der Waals surface area contributed by atoms with Crippen molar-refractivity contribution in [2.45, 2.75) is 135 Å². The molecule has 1 spiro atoms. The van der Waals surface area contributed by atoms with Gasteiger partial charge in [0.1, 0.15) is 11.9 Å². The number of ether oxygens (including phenoxy) is 2. The predicted octanol–water partition coefficient (Wildman–Crippen LogP) is 5.92. The number of carbonyl (C=O) groups excluding carboxylic acids is 2. The summed E-state index contributed by atoms with van der Waals surface area (Å²) >= 11 is 0. The van der Waals surface area contributed by atoms with E-state index in [1.807, 2.05) is 18.7 Å². The molecule has 0 bridgehead atoms. The number of nitrogens with zero attached hydrogens (tertiary/aromatic N) is 5. The Kier molecular flexibility index (Phi) is 10.3. The Balaban J connectivity index is 1.16. The number of likely N-dealkylation sites (tertiary alicyclic amines) is 2. The number of piperidine rings is 2. The van der Waals surface area contributed by atoms with Crippen molar-refractivity contribution < 1.29 is 19.1 Å². The molecule has 3 aliphatic heterocycles. The summed E-state index contributed by atoms with van der Waals surface area (Å²) in [6.07, 6.45) is 14.3. The van der Waals surface area contributed by atoms with Crippen molar-refractivity contribution in [2.24, 2.45) is 5.92 Å². The molecule has 9 nitrogen and oxygen atoms in total. The Hall–Kier alpha value is -2.26. The van der Waals surface area contributed by atoms with Crippen LogP contribution in [0, 0.1) is 19.8 Å². The molecule has 3 saturated heterocycles. The molecule has 5 rings (SSSR count). The first-order valence-corrected chi connectivity index (χ1v) is 17.1. The van der Waals surface area contributed by atoms with Crippen LogP contribution < -0.4 is 0 Å². The summed E-state index contributed by atoms with van der Waals surface area (Å²) in [6, 6.07) is 0.274. The smallest absolute Gasteiger partial charge is 0.410 e. The van der Waals surface area contributed by atoms with Crippen LogP contribution in [0.2, 0.25) is 0 Å². The zero-order valence-corrected chi connectivity index (χ0v) is 27.4. The SMILES string of the molecule is CCCCC1CC2(CCN(C3(C)CCN(C(=O)c4c(C)ncnc4C)CC3)CC2)OC(=O)N1CC1CCC(OCC)CC1. The van der Waals surface area contributed by atoms with Crippen molar-refractivity contribution in [2.75, 3.05) is 39.3 Å². The highest BCUT2D eigenvalue weighted by molar-refractivity contribution is 5.96. The highest BCUT2D eigenvalue weighted by atomic mass is 16.6. The molecule has 43 heavy (non-hydrogen) atoms. The molecule has 1 aliphatic carbocycles. The van der Waals surface area contributed by atoms with Gasteiger partial charge in [-0.25, -0.2) is 14.8 Å². The van der Waals surface area contributed by atoms with Crippen LogP contribution in [0.3, 0.4) is 0 Å². The number of unbranched alkanes of at least 4 members (excludes halogenated alkanes) is 1. The molecule has 9 heteroatoms. The van der Waals surface area contributed by atoms with Crippen LogP contribution >= 0.6 is 0 Å². The molecule has 1 aromatic heterocycles. The highest BCUT2D eigenvalue weighted by Crippen LogP contribution is 2.42. The summed E-state index contributed by atoms with van der Waals surface area (Å²) in [5, 5.41) is 0. The average molecular weight is 598 g/mol. The Morgan fingerprint density at radius 2 is 1.65 bits per heavy atom. The normalized spacial score (nSPS) is 27.7. The molecule has 4 fully saturated rings. The van der Waals surface area contributed by atoms with Crippen LogP contribution in [0.5, 0.6) is 0 Å². The number of aromatic nitrogens is 2. The van der Waals surface area contributed by atoms with Gasteiger partial charge < -0.3 is 19.3 Å². The highest BCUT2D eigenvalue weighted by Gasteiger charge is 2.50. The van der Waals surface area contributed by atoms with Gasteiger partial charge in [0.15, 0.2) is 0 Å². The van der Waals surface area contributed by atoms with Crippen molar-refractivity contribution in [3.63, 3.8) is 0 Å². The lowest BCUT2D eigenvalue weighted by Gasteiger charge is -2.54. The minimum atomic E-state index is -0.343. The summed E-state index contributed by atoms with van der Waals surface area (Å²) in [6.45, 7) is 15.4. The fourth-order valence-electron chi connectivity index (χ4n) is 8.22. The van der Waals surface area contributed by atoms with Gasteiger partial charge >= 0.3 is 6.09 Å². The van der Waals surface area contributed by atoms with Gasteiger partial charge in [-0.15, -0.1) is 0 Å². The Labute approximate surface area is 259 Å². The molecule has 0 aromatic carbocycles. The zero-order valence-electron chi connectivity index (χ0n) is 27.4. The van der Waals surface area contributed by atoms with Crippen molar-refractivity contribution >= 4 is 12.0 Å². The molecule has 1 unspecified atom stereocenters. The molecule has 1 saturated carbocycles. The van der Waals surface area contributed by atoms with Crippen molar-refractivity contribution in [3.05, 3.63) is 23.3 Å². The molecule has 0 N–H and O–H groups in total. The fraction of sp³-hybridized carbons (Fsp3) is 0.824. The summed E-state index contributed by atoms with van der Waals surface area (Å²) in [7, 11) is 0. The fourth-order valence-corrected chi connectivity index (χ4v) is 8.22. The van der Waals surface area contributed by atoms with Gasteiger partial charge in [0.05, 0.1) is 23.1 Å². The third kappa shape index (κ3) is 7.19. The van der Waals surface area contributed by atoms with Gasteiger partial charge in [-0.2, -0.15) is 0 Å². The van der Waals surface area contributed by atoms with E-state index in [4.69, 9.17) is 9.47 Å². The quantitative estimate of drug-likeness (QED) is 0.349. The maximum Gasteiger partial charge on any atom is 0.410 e. The van der Waals surface area contributed by atoms with Crippen LogP contribution in [-0.2, 0) is 9.47 Å². The van der Waals surface area contributed by atoms with Gasteiger partial charge in [-0.1, -0.05) is 19.8 Å². The van der Waals surface area contributed by atoms with E-state index in [0.717, 1.165) is 128 Å². The summed E-state index contributed by atoms with van der Waals surface area (Å²) in [5.74, 6) is 0.596. The van der Waals surface area contributed by atoms with Crippen LogP contribution in [-0.4, -0.2) is 99.3 Å². The lowest BCUT2D eigenvalue weighted by Crippen LogP contribution is -2.62. The Morgan fingerprint density at radius 3 is 2.26 bits per heavy atom. The second-order valence-corrected chi connectivity index (χ2v) is 14.0. The Morgan fingerprint density at radius 1 is 1.00 bits per heavy atom. The Bertz CT molecular complexity index is 1080. The van der Waals surface area contributed by atoms with E-state index in [0.29, 0.717) is 17.6 Å². The van der Waals surface area contributed by atoms with Gasteiger partial charge in [0, 0.05) is 70.2 Å². The monoisotopic (exact) mass is 597 g/mol. The van der Waals surface area contributed by atoms with E-state index < -0.39 is 0 Å². The molecule has 4 heterocycles. The summed E-state index contributed by atoms with van der Waals surface area (Å²) in [5.41, 5.74) is 1.85. The first kappa shape index (κ1) is 32.1. The van der Waals surface area contributed by atoms with Gasteiger partial charge in [0.25, 0.3) is 5.91 Å². The van der Waals surface area contributed by atoms with E-state index in [1.165, 1.54) is 6.33 Å². The number of amides is 2. The lowest BCUT2D eigenvalue weighted by molar-refractivity contribution is -0.116. The second kappa shape index (κ2) is 13.8. The zero-order chi connectivity index (χ0) is 30.6. The van der Waals surface area contributed by atoms with Crippen LogP contribution in [0.4, 0.5) is 4.79 Å². The van der Waals surface area contributed by atoms with E-state index in [9.17, 15) is 9.59 Å². The second-order valence-electron chi connectivity index (χ2n) is 14.0. The molecule has 1 atom stereocenters. The molecule has 1 aromatic rings. The number of carbonyl (C=O) groups is 2. The topological polar surface area (TPSA) is 88.1 Å². The van der Waals surface area contributed by atoms with E-state index in [1.54, 1.807) is 0 Å². The van der Waals surface area contributed by atoms with Crippen molar-refractivity contribution in [1.29, 1.82) is 0 Å². The lowest BCUT2D eigenvalue weighted by atomic mass is 9.78. The first-order chi connectivity index (χ1) is 20.7. The summed E-state index contributed by atoms with van der Waals surface area (Å²) < 4.78 is 12.3. The number of hydrogen-bond donors (Lipinski definition) is 0. The third-order valence-corrected chi connectivity index (χ3v) is 11.1. The minimum absolute atomic E-state index is 0.0440. The third-order valence-electron chi connectivity index (χ3n) is 11.1. The van der Waals surface area contributed by atoms with Gasteiger partial charge in [0.2, 0.25) is 0 Å². The standard InChI is InChI=1S/C34H55N5O4/c1-6-8-9-28-22-34(43-32(41)39(28)23-27-10-12-29(13-11-27)42-7-2)16-20-38(21-17-34)33(5)14-18-37(19-15-33)31(40)30-25(3)35-24-36-26(30)4/h24,27-29H,6-23H2,1-5H3. The molecular weight excluding hydrogens is 542 g/mol. The largest absolute Gasteiger partial charge is 0.443 e. The maximum atomic E-state index is 13.6. The van der Waals surface area contributed by atoms with Crippen molar-refractivity contribution in [1.82, 2.24) is 24.7 Å². The van der Waals surface area contributed by atoms with E-state index in [-0.39, 0.29) is 29.2 Å². The maximum absolute atomic E-state index is 13.6. The van der Waals surface area contributed by atoms with Crippen LogP contribution in [0.25, 0.3) is 0 Å². The van der Waals surface area contributed by atoms with E-state index in [2.05, 4.69) is 40.5 Å². The summed E-state index contributed by atoms with van der Waals surface area (Å²) in [4.78, 5) is 42.2. The van der Waals surface area contributed by atoms with Gasteiger partial charge in [-0.3, -0.25) is 9.69 Å². The number of rotatable bonds is 9. The van der Waals surface area contributed by atoms with Gasteiger partial charge in [-0.05, 0) is 78.6 Å². The molecule has 240 valence electrons. The number of aryl methyl sites for hydroxylation is 2. The van der Waals surface area contributed by atoms with Crippen molar-refractivity contribution in [3.8, 4) is 0 Å². The predicted molar refractivity (Wildman–Crippen MR) is 167 cm³/mol. The average Bonchev–Trinajstić information content (AvgIpc) is 2.99.